The molecular formula is C17H30N4OS. The second-order valence-electron chi connectivity index (χ2n) is 6.88. The molecule has 0 unspecified atom stereocenters. The maximum absolute atomic E-state index is 12.0. The van der Waals surface area contributed by atoms with E-state index < -0.39 is 0 Å². The summed E-state index contributed by atoms with van der Waals surface area (Å²) in [5.41, 5.74) is 0. The number of amides is 1. The maximum atomic E-state index is 12.0. The van der Waals surface area contributed by atoms with E-state index in [2.05, 4.69) is 42.3 Å². The first-order valence-electron chi connectivity index (χ1n) is 8.57. The summed E-state index contributed by atoms with van der Waals surface area (Å²) in [5, 5.41) is 7.48. The molecule has 1 fully saturated rings. The molecule has 0 bridgehead atoms. The van der Waals surface area contributed by atoms with Crippen LogP contribution in [0.15, 0.2) is 12.3 Å². The Labute approximate surface area is 144 Å². The number of carbonyl (C=O) groups is 1. The quantitative estimate of drug-likeness (QED) is 0.829. The molecule has 5 nitrogen and oxygen atoms in total. The summed E-state index contributed by atoms with van der Waals surface area (Å²) in [4.78, 5) is 14.6. The zero-order valence-electron chi connectivity index (χ0n) is 14.8. The van der Waals surface area contributed by atoms with Gasteiger partial charge >= 0.3 is 0 Å². The zero-order valence-corrected chi connectivity index (χ0v) is 15.6. The molecular weight excluding hydrogens is 308 g/mol. The molecule has 0 spiro atoms. The normalized spacial score (nSPS) is 18.3. The molecule has 1 amide bonds. The molecule has 1 aliphatic rings. The lowest BCUT2D eigenvalue weighted by atomic mass is 10.0. The van der Waals surface area contributed by atoms with Crippen LogP contribution in [0.4, 0.5) is 5.82 Å². The summed E-state index contributed by atoms with van der Waals surface area (Å²) in [6.07, 6.45) is 6.68. The third kappa shape index (κ3) is 5.24. The van der Waals surface area contributed by atoms with Crippen molar-refractivity contribution in [1.29, 1.82) is 0 Å². The van der Waals surface area contributed by atoms with E-state index in [0.717, 1.165) is 31.7 Å². The lowest BCUT2D eigenvalue weighted by Crippen LogP contribution is -2.41. The third-order valence-corrected chi connectivity index (χ3v) is 5.22. The topological polar surface area (TPSA) is 50.2 Å². The first-order chi connectivity index (χ1) is 11.0. The molecule has 1 aromatic heterocycles. The highest BCUT2D eigenvalue weighted by Gasteiger charge is 2.25. The lowest BCUT2D eigenvalue weighted by Gasteiger charge is -2.36. The predicted octanol–water partition coefficient (Wildman–Crippen LogP) is 3.26. The first kappa shape index (κ1) is 18.3. The van der Waals surface area contributed by atoms with E-state index >= 15 is 0 Å². The SMILES string of the molecule is CSC[C@@H](C)N1CCC(n2nccc2NC(=O)CC(C)C)CC1. The molecule has 2 heterocycles. The molecule has 130 valence electrons. The fourth-order valence-electron chi connectivity index (χ4n) is 3.19. The minimum Gasteiger partial charge on any atom is -0.311 e. The fraction of sp³-hybridized carbons (Fsp3) is 0.765. The third-order valence-electron chi connectivity index (χ3n) is 4.41. The number of aromatic nitrogens is 2. The fourth-order valence-corrected chi connectivity index (χ4v) is 3.88. The number of likely N-dealkylation sites (tertiary alicyclic amines) is 1. The number of nitrogens with one attached hydrogen (secondary N) is 1. The summed E-state index contributed by atoms with van der Waals surface area (Å²) < 4.78 is 2.01. The van der Waals surface area contributed by atoms with E-state index in [4.69, 9.17) is 0 Å². The summed E-state index contributed by atoms with van der Waals surface area (Å²) >= 11 is 1.91. The number of hydrogen-bond donors (Lipinski definition) is 1. The van der Waals surface area contributed by atoms with Crippen molar-refractivity contribution in [3.63, 3.8) is 0 Å². The van der Waals surface area contributed by atoms with Gasteiger partial charge in [0, 0.05) is 37.4 Å². The first-order valence-corrected chi connectivity index (χ1v) is 9.97. The Morgan fingerprint density at radius 3 is 2.70 bits per heavy atom. The highest BCUT2D eigenvalue weighted by molar-refractivity contribution is 7.98. The van der Waals surface area contributed by atoms with Gasteiger partial charge in [-0.25, -0.2) is 4.68 Å². The molecule has 1 aliphatic heterocycles. The van der Waals surface area contributed by atoms with Crippen molar-refractivity contribution in [2.45, 2.75) is 52.1 Å². The van der Waals surface area contributed by atoms with Crippen LogP contribution in [-0.4, -0.2) is 51.7 Å². The van der Waals surface area contributed by atoms with Gasteiger partial charge in [0.05, 0.1) is 12.2 Å². The Hall–Kier alpha value is -1.01. The second-order valence-corrected chi connectivity index (χ2v) is 7.79. The van der Waals surface area contributed by atoms with Crippen molar-refractivity contribution in [2.24, 2.45) is 5.92 Å². The number of hydrogen-bond acceptors (Lipinski definition) is 4. The van der Waals surface area contributed by atoms with Crippen LogP contribution in [0.2, 0.25) is 0 Å². The van der Waals surface area contributed by atoms with Gasteiger partial charge in [-0.15, -0.1) is 0 Å². The Morgan fingerprint density at radius 2 is 2.09 bits per heavy atom. The van der Waals surface area contributed by atoms with Gasteiger partial charge in [0.1, 0.15) is 5.82 Å². The molecule has 23 heavy (non-hydrogen) atoms. The number of anilines is 1. The van der Waals surface area contributed by atoms with Crippen molar-refractivity contribution >= 4 is 23.5 Å². The Balaban J connectivity index is 1.91. The largest absolute Gasteiger partial charge is 0.311 e. The molecule has 0 aliphatic carbocycles. The molecule has 0 radical (unpaired) electrons. The summed E-state index contributed by atoms with van der Waals surface area (Å²) in [6, 6.07) is 2.92. The van der Waals surface area contributed by atoms with Crippen molar-refractivity contribution in [1.82, 2.24) is 14.7 Å². The molecule has 6 heteroatoms. The number of rotatable bonds is 7. The highest BCUT2D eigenvalue weighted by Crippen LogP contribution is 2.26. The van der Waals surface area contributed by atoms with Crippen LogP contribution in [0.3, 0.4) is 0 Å². The summed E-state index contributed by atoms with van der Waals surface area (Å²) in [6.45, 7) is 8.63. The van der Waals surface area contributed by atoms with Crippen LogP contribution in [0.25, 0.3) is 0 Å². The van der Waals surface area contributed by atoms with E-state index in [-0.39, 0.29) is 5.91 Å². The standard InChI is InChI=1S/C17H30N4OS/c1-13(2)11-17(22)19-16-5-8-18-21(16)15-6-9-20(10-7-15)14(3)12-23-4/h5,8,13-15H,6-7,9-12H2,1-4H3,(H,19,22)/t14-/m1/s1. The molecule has 2 rings (SSSR count). The van der Waals surface area contributed by atoms with Crippen LogP contribution in [0.5, 0.6) is 0 Å². The molecule has 1 atom stereocenters. The number of thioether (sulfide) groups is 1. The van der Waals surface area contributed by atoms with Gasteiger partial charge in [0.25, 0.3) is 0 Å². The van der Waals surface area contributed by atoms with Crippen LogP contribution >= 0.6 is 11.8 Å². The van der Waals surface area contributed by atoms with Crippen LogP contribution in [0, 0.1) is 5.92 Å². The summed E-state index contributed by atoms with van der Waals surface area (Å²) in [5.74, 6) is 2.47. The van der Waals surface area contributed by atoms with Crippen molar-refractivity contribution in [3.05, 3.63) is 12.3 Å². The van der Waals surface area contributed by atoms with Gasteiger partial charge in [-0.2, -0.15) is 16.9 Å². The van der Waals surface area contributed by atoms with Gasteiger partial charge in [0.15, 0.2) is 0 Å². The predicted molar refractivity (Wildman–Crippen MR) is 98.0 cm³/mol. The van der Waals surface area contributed by atoms with E-state index in [0.29, 0.717) is 24.4 Å². The van der Waals surface area contributed by atoms with Crippen LogP contribution in [0.1, 0.15) is 46.1 Å². The van der Waals surface area contributed by atoms with Crippen molar-refractivity contribution in [3.8, 4) is 0 Å². The van der Waals surface area contributed by atoms with Crippen LogP contribution < -0.4 is 5.32 Å². The molecule has 0 aromatic carbocycles. The average Bonchev–Trinajstić information content (AvgIpc) is 2.94. The van der Waals surface area contributed by atoms with Gasteiger partial charge in [-0.05, 0) is 31.9 Å². The Kier molecular flexibility index (Phi) is 6.96. The minimum absolute atomic E-state index is 0.0766. The second kappa shape index (κ2) is 8.73. The smallest absolute Gasteiger partial charge is 0.225 e. The van der Waals surface area contributed by atoms with Gasteiger partial charge in [0.2, 0.25) is 5.91 Å². The Bertz CT molecular complexity index is 495. The Morgan fingerprint density at radius 1 is 1.39 bits per heavy atom. The molecule has 1 saturated heterocycles. The van der Waals surface area contributed by atoms with E-state index in [1.807, 2.05) is 22.5 Å². The van der Waals surface area contributed by atoms with Crippen molar-refractivity contribution in [2.75, 3.05) is 30.4 Å². The van der Waals surface area contributed by atoms with E-state index in [1.54, 1.807) is 6.20 Å². The number of piperidine rings is 1. The minimum atomic E-state index is 0.0766. The molecule has 0 saturated carbocycles. The number of carbonyl (C=O) groups excluding carboxylic acids is 1. The van der Waals surface area contributed by atoms with Crippen molar-refractivity contribution < 1.29 is 4.79 Å². The summed E-state index contributed by atoms with van der Waals surface area (Å²) in [7, 11) is 0. The van der Waals surface area contributed by atoms with Crippen LogP contribution in [-0.2, 0) is 4.79 Å². The zero-order chi connectivity index (χ0) is 16.8. The number of nitrogens with zero attached hydrogens (tertiary/aromatic N) is 3. The van der Waals surface area contributed by atoms with E-state index in [1.165, 1.54) is 5.75 Å². The van der Waals surface area contributed by atoms with Gasteiger partial charge < -0.3 is 5.32 Å². The van der Waals surface area contributed by atoms with E-state index in [9.17, 15) is 4.79 Å². The highest BCUT2D eigenvalue weighted by atomic mass is 32.2. The monoisotopic (exact) mass is 338 g/mol. The van der Waals surface area contributed by atoms with Gasteiger partial charge in [-0.3, -0.25) is 9.69 Å². The maximum Gasteiger partial charge on any atom is 0.225 e. The van der Waals surface area contributed by atoms with Gasteiger partial charge in [-0.1, -0.05) is 13.8 Å². The lowest BCUT2D eigenvalue weighted by molar-refractivity contribution is -0.116. The molecule has 1 N–H and O–H groups in total. The average molecular weight is 339 g/mol. The molecule has 1 aromatic rings.